The van der Waals surface area contributed by atoms with E-state index in [9.17, 15) is 9.18 Å². The second-order valence-electron chi connectivity index (χ2n) is 3.97. The third kappa shape index (κ3) is 3.49. The van der Waals surface area contributed by atoms with Crippen LogP contribution >= 0.6 is 27.5 Å². The zero-order valence-corrected chi connectivity index (χ0v) is 12.4. The molecule has 0 bridgehead atoms. The van der Waals surface area contributed by atoms with E-state index >= 15 is 0 Å². The Labute approximate surface area is 128 Å². The Morgan fingerprint density at radius 2 is 2.05 bits per heavy atom. The van der Waals surface area contributed by atoms with Gasteiger partial charge in [-0.25, -0.2) is 9.18 Å². The standard InChI is InChI=1S/C14H9BrClFO3/c15-10-2-4-13(11(16)6-10)20-7-9-5-8(14(18)19)1-3-12(9)17/h1-6H,7H2,(H,18,19). The van der Waals surface area contributed by atoms with Gasteiger partial charge < -0.3 is 9.84 Å². The predicted octanol–water partition coefficient (Wildman–Crippen LogP) is 4.52. The van der Waals surface area contributed by atoms with Crippen LogP contribution in [-0.2, 0) is 6.61 Å². The highest BCUT2D eigenvalue weighted by Gasteiger charge is 2.10. The first-order valence-electron chi connectivity index (χ1n) is 5.57. The molecule has 0 aliphatic carbocycles. The van der Waals surface area contributed by atoms with E-state index in [1.165, 1.54) is 12.1 Å². The number of ether oxygens (including phenoxy) is 1. The van der Waals surface area contributed by atoms with Gasteiger partial charge in [0.2, 0.25) is 0 Å². The van der Waals surface area contributed by atoms with Crippen LogP contribution in [0.1, 0.15) is 15.9 Å². The third-order valence-corrected chi connectivity index (χ3v) is 3.36. The smallest absolute Gasteiger partial charge is 0.335 e. The summed E-state index contributed by atoms with van der Waals surface area (Å²) in [6, 6.07) is 8.58. The van der Waals surface area contributed by atoms with Crippen LogP contribution in [0.15, 0.2) is 40.9 Å². The Morgan fingerprint density at radius 1 is 1.30 bits per heavy atom. The van der Waals surface area contributed by atoms with Crippen molar-refractivity contribution in [2.75, 3.05) is 0 Å². The highest BCUT2D eigenvalue weighted by molar-refractivity contribution is 9.10. The maximum atomic E-state index is 13.6. The van der Waals surface area contributed by atoms with Gasteiger partial charge in [-0.15, -0.1) is 0 Å². The summed E-state index contributed by atoms with van der Waals surface area (Å²) in [5.74, 6) is -1.24. The second kappa shape index (κ2) is 6.24. The Kier molecular flexibility index (Phi) is 4.62. The topological polar surface area (TPSA) is 46.5 Å². The van der Waals surface area contributed by atoms with Gasteiger partial charge in [-0.05, 0) is 36.4 Å². The van der Waals surface area contributed by atoms with E-state index in [0.29, 0.717) is 10.8 Å². The molecule has 2 aromatic carbocycles. The molecular formula is C14H9BrClFO3. The number of halogens is 3. The molecule has 0 saturated carbocycles. The van der Waals surface area contributed by atoms with E-state index in [-0.39, 0.29) is 17.7 Å². The van der Waals surface area contributed by atoms with Gasteiger partial charge in [0, 0.05) is 10.0 Å². The average molecular weight is 360 g/mol. The Bertz CT molecular complexity index is 661. The number of benzene rings is 2. The fourth-order valence-corrected chi connectivity index (χ4v) is 2.29. The molecule has 1 N–H and O–H groups in total. The molecule has 0 radical (unpaired) electrons. The summed E-state index contributed by atoms with van der Waals surface area (Å²) in [5.41, 5.74) is 0.163. The van der Waals surface area contributed by atoms with Crippen LogP contribution in [0.2, 0.25) is 5.02 Å². The molecule has 0 saturated heterocycles. The first-order valence-corrected chi connectivity index (χ1v) is 6.74. The molecule has 0 spiro atoms. The maximum Gasteiger partial charge on any atom is 0.335 e. The number of hydrogen-bond donors (Lipinski definition) is 1. The minimum atomic E-state index is -1.12. The van der Waals surface area contributed by atoms with Gasteiger partial charge in [-0.1, -0.05) is 27.5 Å². The molecular weight excluding hydrogens is 351 g/mol. The molecule has 0 aliphatic rings. The first kappa shape index (κ1) is 14.8. The maximum absolute atomic E-state index is 13.6. The number of carbonyl (C=O) groups is 1. The minimum absolute atomic E-state index is 0.00639. The number of rotatable bonds is 4. The van der Waals surface area contributed by atoms with Crippen molar-refractivity contribution in [1.82, 2.24) is 0 Å². The molecule has 104 valence electrons. The molecule has 3 nitrogen and oxygen atoms in total. The lowest BCUT2D eigenvalue weighted by Crippen LogP contribution is -2.03. The summed E-state index contributed by atoms with van der Waals surface area (Å²) >= 11 is 9.24. The van der Waals surface area contributed by atoms with E-state index in [1.54, 1.807) is 18.2 Å². The molecule has 0 aliphatic heterocycles. The number of carboxylic acid groups (broad SMARTS) is 1. The van der Waals surface area contributed by atoms with Crippen LogP contribution in [0, 0.1) is 5.82 Å². The van der Waals surface area contributed by atoms with Crippen LogP contribution in [0.3, 0.4) is 0 Å². The zero-order chi connectivity index (χ0) is 14.7. The molecule has 20 heavy (non-hydrogen) atoms. The van der Waals surface area contributed by atoms with Gasteiger partial charge in [0.1, 0.15) is 18.2 Å². The van der Waals surface area contributed by atoms with E-state index in [2.05, 4.69) is 15.9 Å². The van der Waals surface area contributed by atoms with E-state index in [4.69, 9.17) is 21.4 Å². The van der Waals surface area contributed by atoms with Crippen LogP contribution in [0.5, 0.6) is 5.75 Å². The monoisotopic (exact) mass is 358 g/mol. The van der Waals surface area contributed by atoms with Gasteiger partial charge >= 0.3 is 5.97 Å². The molecule has 2 rings (SSSR count). The minimum Gasteiger partial charge on any atom is -0.487 e. The molecule has 6 heteroatoms. The number of carboxylic acids is 1. The lowest BCUT2D eigenvalue weighted by Gasteiger charge is -2.09. The van der Waals surface area contributed by atoms with Crippen molar-refractivity contribution in [3.05, 3.63) is 62.8 Å². The van der Waals surface area contributed by atoms with Gasteiger partial charge in [0.15, 0.2) is 0 Å². The van der Waals surface area contributed by atoms with Crippen molar-refractivity contribution in [2.24, 2.45) is 0 Å². The first-order chi connectivity index (χ1) is 9.47. The van der Waals surface area contributed by atoms with Crippen LogP contribution in [-0.4, -0.2) is 11.1 Å². The molecule has 0 fully saturated rings. The Morgan fingerprint density at radius 3 is 2.70 bits per heavy atom. The molecule has 2 aromatic rings. The summed E-state index contributed by atoms with van der Waals surface area (Å²) in [6.07, 6.45) is 0. The Hall–Kier alpha value is -1.59. The van der Waals surface area contributed by atoms with Crippen molar-refractivity contribution in [1.29, 1.82) is 0 Å². The van der Waals surface area contributed by atoms with Gasteiger partial charge in [0.25, 0.3) is 0 Å². The normalized spacial score (nSPS) is 10.3. The number of hydrogen-bond acceptors (Lipinski definition) is 2. The molecule has 0 aromatic heterocycles. The fourth-order valence-electron chi connectivity index (χ4n) is 1.57. The summed E-state index contributed by atoms with van der Waals surface area (Å²) in [4.78, 5) is 10.8. The van der Waals surface area contributed by atoms with Crippen LogP contribution in [0.25, 0.3) is 0 Å². The van der Waals surface area contributed by atoms with Crippen molar-refractivity contribution < 1.29 is 19.0 Å². The molecule has 0 heterocycles. The molecule has 0 unspecified atom stereocenters. The van der Waals surface area contributed by atoms with Gasteiger partial charge in [-0.3, -0.25) is 0 Å². The Balaban J connectivity index is 2.18. The summed E-state index contributed by atoms with van der Waals surface area (Å²) in [6.45, 7) is -0.103. The van der Waals surface area contributed by atoms with Crippen molar-refractivity contribution in [2.45, 2.75) is 6.61 Å². The highest BCUT2D eigenvalue weighted by Crippen LogP contribution is 2.28. The van der Waals surface area contributed by atoms with Crippen molar-refractivity contribution in [3.63, 3.8) is 0 Å². The second-order valence-corrected chi connectivity index (χ2v) is 5.30. The third-order valence-electron chi connectivity index (χ3n) is 2.57. The van der Waals surface area contributed by atoms with Crippen molar-refractivity contribution in [3.8, 4) is 5.75 Å². The summed E-state index contributed by atoms with van der Waals surface area (Å²) in [7, 11) is 0. The lowest BCUT2D eigenvalue weighted by atomic mass is 10.1. The zero-order valence-electron chi connectivity index (χ0n) is 10.1. The van der Waals surface area contributed by atoms with E-state index < -0.39 is 11.8 Å². The van der Waals surface area contributed by atoms with E-state index in [0.717, 1.165) is 10.5 Å². The summed E-state index contributed by atoms with van der Waals surface area (Å²) in [5, 5.41) is 9.25. The average Bonchev–Trinajstić information content (AvgIpc) is 2.39. The summed E-state index contributed by atoms with van der Waals surface area (Å²) < 4.78 is 19.8. The van der Waals surface area contributed by atoms with E-state index in [1.807, 2.05) is 0 Å². The quantitative estimate of drug-likeness (QED) is 0.873. The SMILES string of the molecule is O=C(O)c1ccc(F)c(COc2ccc(Br)cc2Cl)c1. The van der Waals surface area contributed by atoms with Gasteiger partial charge in [0.05, 0.1) is 10.6 Å². The van der Waals surface area contributed by atoms with Gasteiger partial charge in [-0.2, -0.15) is 0 Å². The lowest BCUT2D eigenvalue weighted by molar-refractivity contribution is 0.0696. The molecule has 0 amide bonds. The number of aromatic carboxylic acids is 1. The van der Waals surface area contributed by atoms with Crippen LogP contribution in [0.4, 0.5) is 4.39 Å². The van der Waals surface area contributed by atoms with Crippen LogP contribution < -0.4 is 4.74 Å². The molecule has 0 atom stereocenters. The fraction of sp³-hybridized carbons (Fsp3) is 0.0714. The predicted molar refractivity (Wildman–Crippen MR) is 76.8 cm³/mol. The largest absolute Gasteiger partial charge is 0.487 e. The van der Waals surface area contributed by atoms with Crippen molar-refractivity contribution >= 4 is 33.5 Å². The highest BCUT2D eigenvalue weighted by atomic mass is 79.9.